The molecule has 1 aromatic heterocycles. The van der Waals surface area contributed by atoms with Crippen molar-refractivity contribution in [1.82, 2.24) is 4.98 Å². The maximum absolute atomic E-state index is 13.1. The second kappa shape index (κ2) is 7.34. The van der Waals surface area contributed by atoms with E-state index in [2.05, 4.69) is 4.98 Å². The monoisotopic (exact) mass is 421 g/mol. The molecule has 0 bridgehead atoms. The zero-order valence-corrected chi connectivity index (χ0v) is 16.9. The van der Waals surface area contributed by atoms with E-state index in [0.29, 0.717) is 22.1 Å². The van der Waals surface area contributed by atoms with E-state index in [1.54, 1.807) is 24.4 Å². The lowest BCUT2D eigenvalue weighted by Crippen LogP contribution is -2.22. The zero-order valence-electron chi connectivity index (χ0n) is 16.0. The lowest BCUT2D eigenvalue weighted by Gasteiger charge is -2.15. The zero-order chi connectivity index (χ0) is 20.7. The van der Waals surface area contributed by atoms with Crippen LogP contribution in [0.2, 0.25) is 0 Å². The van der Waals surface area contributed by atoms with E-state index >= 15 is 0 Å². The summed E-state index contributed by atoms with van der Waals surface area (Å²) in [6, 6.07) is 16.3. The Kier molecular flexibility index (Phi) is 4.64. The number of pyridine rings is 1. The molecule has 1 fully saturated rings. The van der Waals surface area contributed by atoms with Gasteiger partial charge in [0.25, 0.3) is 0 Å². The predicted octanol–water partition coefficient (Wildman–Crippen LogP) is 3.90. The van der Waals surface area contributed by atoms with Crippen molar-refractivity contribution in [3.8, 4) is 22.6 Å². The fourth-order valence-corrected chi connectivity index (χ4v) is 4.29. The molecule has 1 saturated carbocycles. The Balaban J connectivity index is 1.33. The molecule has 7 heteroatoms. The van der Waals surface area contributed by atoms with Gasteiger partial charge in [-0.25, -0.2) is 4.21 Å². The molecule has 3 aromatic rings. The van der Waals surface area contributed by atoms with Gasteiger partial charge >= 0.3 is 0 Å². The molecule has 1 atom stereocenters. The molecule has 1 N–H and O–H groups in total. The van der Waals surface area contributed by atoms with Crippen LogP contribution in [-0.4, -0.2) is 26.3 Å². The Hall–Kier alpha value is -3.03. The highest BCUT2D eigenvalue weighted by Gasteiger charge is 2.50. The second-order valence-electron chi connectivity index (χ2n) is 7.57. The number of ketones is 1. The molecule has 2 aliphatic rings. The summed E-state index contributed by atoms with van der Waals surface area (Å²) in [5.41, 5.74) is 2.86. The molecule has 1 unspecified atom stereocenters. The molecule has 2 heterocycles. The number of carbonyl (C=O) groups excluding carboxylic acids is 1. The van der Waals surface area contributed by atoms with Gasteiger partial charge < -0.3 is 14.0 Å². The minimum atomic E-state index is -2.03. The van der Waals surface area contributed by atoms with E-state index in [1.165, 1.54) is 0 Å². The van der Waals surface area contributed by atoms with Gasteiger partial charge in [-0.2, -0.15) is 0 Å². The summed E-state index contributed by atoms with van der Waals surface area (Å²) >= 11 is -2.03. The van der Waals surface area contributed by atoms with Crippen molar-refractivity contribution in [2.75, 3.05) is 6.79 Å². The number of ether oxygens (including phenoxy) is 2. The molecular weight excluding hydrogens is 402 g/mol. The maximum Gasteiger partial charge on any atom is 0.231 e. The Morgan fingerprint density at radius 2 is 1.87 bits per heavy atom. The normalized spacial score (nSPS) is 16.8. The van der Waals surface area contributed by atoms with Gasteiger partial charge in [0, 0.05) is 23.9 Å². The van der Waals surface area contributed by atoms with E-state index in [9.17, 15) is 13.6 Å². The number of carbonyl (C=O) groups is 1. The van der Waals surface area contributed by atoms with Crippen molar-refractivity contribution >= 4 is 16.9 Å². The third-order valence-electron chi connectivity index (χ3n) is 5.74. The van der Waals surface area contributed by atoms with E-state index in [0.717, 1.165) is 29.5 Å². The van der Waals surface area contributed by atoms with E-state index < -0.39 is 16.5 Å². The van der Waals surface area contributed by atoms with E-state index in [1.807, 2.05) is 36.4 Å². The minimum Gasteiger partial charge on any atom is -0.454 e. The number of rotatable bonds is 6. The summed E-state index contributed by atoms with van der Waals surface area (Å²) in [6.07, 6.45) is 3.61. The van der Waals surface area contributed by atoms with Crippen molar-refractivity contribution in [1.29, 1.82) is 0 Å². The van der Waals surface area contributed by atoms with Crippen molar-refractivity contribution in [3.05, 3.63) is 72.1 Å². The molecule has 1 aliphatic heterocycles. The van der Waals surface area contributed by atoms with Crippen molar-refractivity contribution in [2.45, 2.75) is 29.6 Å². The molecule has 5 rings (SSSR count). The number of fused-ring (bicyclic) bond motifs is 1. The molecule has 6 nitrogen and oxygen atoms in total. The van der Waals surface area contributed by atoms with Gasteiger partial charge in [-0.05, 0) is 54.3 Å². The molecular formula is C23H19NO5S. The fraction of sp³-hybridized carbons (Fsp3) is 0.217. The standard InChI is InChI=1S/C23H19NO5S/c25-22(23(8-9-23)17-5-7-20-21(11-17)29-14-28-20)12-18-6-4-16(13-24-18)15-2-1-3-19(10-15)30(26)27/h1-7,10-11,13H,8-9,12,14H2,(H,26,27). The summed E-state index contributed by atoms with van der Waals surface area (Å²) in [5.74, 6) is 1.56. The highest BCUT2D eigenvalue weighted by Crippen LogP contribution is 2.51. The molecule has 1 aliphatic carbocycles. The SMILES string of the molecule is O=C(Cc1ccc(-c2cccc(S(=O)O)c2)cn1)C1(c2ccc3c(c2)OCO3)CC1. The first-order valence-electron chi connectivity index (χ1n) is 9.65. The van der Waals surface area contributed by atoms with Gasteiger partial charge in [-0.1, -0.05) is 24.3 Å². The van der Waals surface area contributed by atoms with Crippen molar-refractivity contribution < 1.29 is 23.0 Å². The molecule has 0 radical (unpaired) electrons. The van der Waals surface area contributed by atoms with E-state index in [-0.39, 0.29) is 19.0 Å². The topological polar surface area (TPSA) is 85.7 Å². The van der Waals surface area contributed by atoms with Crippen LogP contribution in [0.5, 0.6) is 11.5 Å². The largest absolute Gasteiger partial charge is 0.454 e. The third-order valence-corrected chi connectivity index (χ3v) is 6.40. The van der Waals surface area contributed by atoms with E-state index in [4.69, 9.17) is 9.47 Å². The Morgan fingerprint density at radius 3 is 2.60 bits per heavy atom. The maximum atomic E-state index is 13.1. The van der Waals surface area contributed by atoms with Gasteiger partial charge in [0.2, 0.25) is 6.79 Å². The van der Waals surface area contributed by atoms with Crippen LogP contribution in [0.3, 0.4) is 0 Å². The summed E-state index contributed by atoms with van der Waals surface area (Å²) in [6.45, 7) is 0.215. The van der Waals surface area contributed by atoms with Crippen LogP contribution in [0, 0.1) is 0 Å². The van der Waals surface area contributed by atoms with Crippen LogP contribution in [0.15, 0.2) is 65.7 Å². The molecule has 152 valence electrons. The van der Waals surface area contributed by atoms with Crippen LogP contribution in [0.25, 0.3) is 11.1 Å². The van der Waals surface area contributed by atoms with Crippen molar-refractivity contribution in [3.63, 3.8) is 0 Å². The van der Waals surface area contributed by atoms with Gasteiger partial charge in [-0.15, -0.1) is 0 Å². The first kappa shape index (κ1) is 19.0. The van der Waals surface area contributed by atoms with Gasteiger partial charge in [0.1, 0.15) is 5.78 Å². The van der Waals surface area contributed by atoms with Crippen LogP contribution < -0.4 is 9.47 Å². The number of hydrogen-bond donors (Lipinski definition) is 1. The highest BCUT2D eigenvalue weighted by atomic mass is 32.2. The van der Waals surface area contributed by atoms with Crippen LogP contribution in [0.4, 0.5) is 0 Å². The average molecular weight is 421 g/mol. The number of hydrogen-bond acceptors (Lipinski definition) is 5. The Morgan fingerprint density at radius 1 is 1.03 bits per heavy atom. The summed E-state index contributed by atoms with van der Waals surface area (Å²) < 4.78 is 31.4. The van der Waals surface area contributed by atoms with Gasteiger partial charge in [0.05, 0.1) is 10.3 Å². The lowest BCUT2D eigenvalue weighted by molar-refractivity contribution is -0.120. The minimum absolute atomic E-state index is 0.152. The first-order valence-corrected chi connectivity index (χ1v) is 10.8. The first-order chi connectivity index (χ1) is 14.5. The molecule has 30 heavy (non-hydrogen) atoms. The Bertz CT molecular complexity index is 1150. The summed E-state index contributed by atoms with van der Waals surface area (Å²) in [7, 11) is 0. The number of aromatic nitrogens is 1. The third kappa shape index (κ3) is 3.40. The van der Waals surface area contributed by atoms with Crippen LogP contribution in [0.1, 0.15) is 24.1 Å². The van der Waals surface area contributed by atoms with Crippen LogP contribution >= 0.6 is 0 Å². The van der Waals surface area contributed by atoms with Gasteiger partial charge in [-0.3, -0.25) is 9.78 Å². The smallest absolute Gasteiger partial charge is 0.231 e. The quantitative estimate of drug-likeness (QED) is 0.608. The predicted molar refractivity (Wildman–Crippen MR) is 111 cm³/mol. The number of Topliss-reactive ketones (excluding diaryl/α,β-unsaturated/α-hetero) is 1. The van der Waals surface area contributed by atoms with Crippen molar-refractivity contribution in [2.24, 2.45) is 0 Å². The molecule has 0 spiro atoms. The number of benzene rings is 2. The molecule has 0 saturated heterocycles. The van der Waals surface area contributed by atoms with Crippen LogP contribution in [-0.2, 0) is 27.7 Å². The van der Waals surface area contributed by atoms with Gasteiger partial charge in [0.15, 0.2) is 22.6 Å². The molecule has 0 amide bonds. The summed E-state index contributed by atoms with van der Waals surface area (Å²) in [4.78, 5) is 17.9. The average Bonchev–Trinajstić information content (AvgIpc) is 3.45. The Labute approximate surface area is 176 Å². The lowest BCUT2D eigenvalue weighted by atomic mass is 9.88. The number of nitrogens with zero attached hydrogens (tertiary/aromatic N) is 1. The second-order valence-corrected chi connectivity index (χ2v) is 8.54. The fourth-order valence-electron chi connectivity index (χ4n) is 3.87. The highest BCUT2D eigenvalue weighted by molar-refractivity contribution is 7.79. The summed E-state index contributed by atoms with van der Waals surface area (Å²) in [5, 5.41) is 0. The molecule has 2 aromatic carbocycles.